The van der Waals surface area contributed by atoms with Gasteiger partial charge in [0.2, 0.25) is 0 Å². The second-order valence-corrected chi connectivity index (χ2v) is 6.60. The molecule has 1 aromatic rings. The van der Waals surface area contributed by atoms with Gasteiger partial charge in [-0.1, -0.05) is 26.8 Å². The standard InChI is InChI=1S/C18H30N2/c1-6-19-11-17-7-8-18(10-15(17)4)20-12-13(2)9-14(3)16(20)5/h7-8,10,13-14,16,19H,6,9,11-12H2,1-5H3. The van der Waals surface area contributed by atoms with E-state index in [1.54, 1.807) is 0 Å². The lowest BCUT2D eigenvalue weighted by Crippen LogP contribution is -2.45. The molecule has 20 heavy (non-hydrogen) atoms. The van der Waals surface area contributed by atoms with Gasteiger partial charge in [0.1, 0.15) is 0 Å². The van der Waals surface area contributed by atoms with Gasteiger partial charge in [-0.3, -0.25) is 0 Å². The van der Waals surface area contributed by atoms with E-state index in [9.17, 15) is 0 Å². The molecular weight excluding hydrogens is 244 g/mol. The molecule has 1 N–H and O–H groups in total. The Bertz CT molecular complexity index is 441. The molecule has 1 heterocycles. The Morgan fingerprint density at radius 2 is 2.00 bits per heavy atom. The van der Waals surface area contributed by atoms with Crippen LogP contribution in [0.25, 0.3) is 0 Å². The molecule has 0 saturated carbocycles. The number of benzene rings is 1. The number of piperidine rings is 1. The van der Waals surface area contributed by atoms with Gasteiger partial charge in [-0.15, -0.1) is 0 Å². The third-order valence-corrected chi connectivity index (χ3v) is 4.82. The Balaban J connectivity index is 2.17. The van der Waals surface area contributed by atoms with Crippen LogP contribution in [-0.4, -0.2) is 19.1 Å². The predicted molar refractivity (Wildman–Crippen MR) is 88.3 cm³/mol. The molecular formula is C18H30N2. The van der Waals surface area contributed by atoms with Crippen LogP contribution in [0.15, 0.2) is 18.2 Å². The lowest BCUT2D eigenvalue weighted by molar-refractivity contribution is 0.297. The highest BCUT2D eigenvalue weighted by molar-refractivity contribution is 5.52. The first-order valence-electron chi connectivity index (χ1n) is 8.09. The molecule has 112 valence electrons. The molecule has 3 atom stereocenters. The van der Waals surface area contributed by atoms with E-state index in [1.165, 1.54) is 29.8 Å². The normalized spacial score (nSPS) is 26.9. The van der Waals surface area contributed by atoms with Crippen molar-refractivity contribution in [3.63, 3.8) is 0 Å². The molecule has 0 aliphatic carbocycles. The topological polar surface area (TPSA) is 15.3 Å². The molecule has 0 spiro atoms. The summed E-state index contributed by atoms with van der Waals surface area (Å²) >= 11 is 0. The monoisotopic (exact) mass is 274 g/mol. The minimum Gasteiger partial charge on any atom is -0.368 e. The molecule has 0 radical (unpaired) electrons. The van der Waals surface area contributed by atoms with Gasteiger partial charge in [-0.05, 0) is 61.9 Å². The highest BCUT2D eigenvalue weighted by Crippen LogP contribution is 2.32. The molecule has 2 heteroatoms. The van der Waals surface area contributed by atoms with E-state index in [0.29, 0.717) is 6.04 Å². The molecule has 2 nitrogen and oxygen atoms in total. The van der Waals surface area contributed by atoms with Crippen molar-refractivity contribution in [2.75, 3.05) is 18.0 Å². The van der Waals surface area contributed by atoms with Crippen LogP contribution in [0.2, 0.25) is 0 Å². The number of anilines is 1. The minimum absolute atomic E-state index is 0.644. The van der Waals surface area contributed by atoms with Gasteiger partial charge < -0.3 is 10.2 Å². The molecule has 1 fully saturated rings. The summed E-state index contributed by atoms with van der Waals surface area (Å²) in [7, 11) is 0. The Morgan fingerprint density at radius 1 is 1.25 bits per heavy atom. The van der Waals surface area contributed by atoms with Crippen LogP contribution in [0.5, 0.6) is 0 Å². The molecule has 1 aliphatic heterocycles. The van der Waals surface area contributed by atoms with E-state index in [4.69, 9.17) is 0 Å². The maximum absolute atomic E-state index is 3.41. The maximum atomic E-state index is 3.41. The molecule has 1 saturated heterocycles. The fraction of sp³-hybridized carbons (Fsp3) is 0.667. The van der Waals surface area contributed by atoms with Gasteiger partial charge in [0.25, 0.3) is 0 Å². The highest BCUT2D eigenvalue weighted by atomic mass is 15.2. The van der Waals surface area contributed by atoms with Crippen molar-refractivity contribution in [1.29, 1.82) is 0 Å². The predicted octanol–water partition coefficient (Wildman–Crippen LogP) is 3.98. The Morgan fingerprint density at radius 3 is 2.65 bits per heavy atom. The van der Waals surface area contributed by atoms with E-state index in [-0.39, 0.29) is 0 Å². The van der Waals surface area contributed by atoms with Crippen molar-refractivity contribution in [3.8, 4) is 0 Å². The number of aryl methyl sites for hydroxylation is 1. The SMILES string of the molecule is CCNCc1ccc(N2CC(C)CC(C)C2C)cc1C. The molecule has 0 aromatic heterocycles. The first-order valence-corrected chi connectivity index (χ1v) is 8.09. The van der Waals surface area contributed by atoms with Crippen molar-refractivity contribution < 1.29 is 0 Å². The number of hydrogen-bond acceptors (Lipinski definition) is 2. The van der Waals surface area contributed by atoms with Crippen LogP contribution >= 0.6 is 0 Å². The number of nitrogens with one attached hydrogen (secondary N) is 1. The van der Waals surface area contributed by atoms with Gasteiger partial charge in [-0.25, -0.2) is 0 Å². The molecule has 0 amide bonds. The molecule has 3 unspecified atom stereocenters. The minimum atomic E-state index is 0.644. The van der Waals surface area contributed by atoms with Gasteiger partial charge in [-0.2, -0.15) is 0 Å². The summed E-state index contributed by atoms with van der Waals surface area (Å²) in [5.41, 5.74) is 4.22. The summed E-state index contributed by atoms with van der Waals surface area (Å²) in [6.07, 6.45) is 1.36. The van der Waals surface area contributed by atoms with Crippen LogP contribution < -0.4 is 10.2 Å². The lowest BCUT2D eigenvalue weighted by Gasteiger charge is -2.43. The van der Waals surface area contributed by atoms with Gasteiger partial charge in [0.05, 0.1) is 0 Å². The fourth-order valence-electron chi connectivity index (χ4n) is 3.37. The first-order chi connectivity index (χ1) is 9.52. The average Bonchev–Trinajstić information content (AvgIpc) is 2.41. The second-order valence-electron chi connectivity index (χ2n) is 6.60. The second kappa shape index (κ2) is 6.62. The Hall–Kier alpha value is -1.02. The van der Waals surface area contributed by atoms with E-state index in [0.717, 1.165) is 24.9 Å². The summed E-state index contributed by atoms with van der Waals surface area (Å²) in [4.78, 5) is 2.60. The van der Waals surface area contributed by atoms with Crippen LogP contribution in [-0.2, 0) is 6.54 Å². The smallest absolute Gasteiger partial charge is 0.0371 e. The maximum Gasteiger partial charge on any atom is 0.0371 e. The van der Waals surface area contributed by atoms with Crippen molar-refractivity contribution in [3.05, 3.63) is 29.3 Å². The summed E-state index contributed by atoms with van der Waals surface area (Å²) in [5, 5.41) is 3.41. The Labute approximate surface area is 124 Å². The van der Waals surface area contributed by atoms with Gasteiger partial charge in [0, 0.05) is 24.8 Å². The zero-order valence-electron chi connectivity index (χ0n) is 13.7. The van der Waals surface area contributed by atoms with Crippen LogP contribution in [0, 0.1) is 18.8 Å². The van der Waals surface area contributed by atoms with E-state index < -0.39 is 0 Å². The molecule has 1 aliphatic rings. The lowest BCUT2D eigenvalue weighted by atomic mass is 9.85. The fourth-order valence-corrected chi connectivity index (χ4v) is 3.37. The zero-order valence-corrected chi connectivity index (χ0v) is 13.7. The molecule has 1 aromatic carbocycles. The zero-order chi connectivity index (χ0) is 14.7. The summed E-state index contributed by atoms with van der Waals surface area (Å²) in [6.45, 7) is 14.7. The first kappa shape index (κ1) is 15.4. The van der Waals surface area contributed by atoms with Crippen molar-refractivity contribution >= 4 is 5.69 Å². The van der Waals surface area contributed by atoms with Crippen LogP contribution in [0.1, 0.15) is 45.2 Å². The number of hydrogen-bond donors (Lipinski definition) is 1. The van der Waals surface area contributed by atoms with E-state index in [1.807, 2.05) is 0 Å². The van der Waals surface area contributed by atoms with Crippen LogP contribution in [0.3, 0.4) is 0 Å². The van der Waals surface area contributed by atoms with Crippen molar-refractivity contribution in [1.82, 2.24) is 5.32 Å². The summed E-state index contributed by atoms with van der Waals surface area (Å²) in [6, 6.07) is 7.61. The van der Waals surface area contributed by atoms with Crippen LogP contribution in [0.4, 0.5) is 5.69 Å². The quantitative estimate of drug-likeness (QED) is 0.893. The van der Waals surface area contributed by atoms with E-state index >= 15 is 0 Å². The van der Waals surface area contributed by atoms with Gasteiger partial charge in [0.15, 0.2) is 0 Å². The average molecular weight is 274 g/mol. The molecule has 2 rings (SSSR count). The third kappa shape index (κ3) is 3.35. The number of rotatable bonds is 4. The van der Waals surface area contributed by atoms with Crippen molar-refractivity contribution in [2.45, 2.75) is 53.6 Å². The van der Waals surface area contributed by atoms with Crippen molar-refractivity contribution in [2.24, 2.45) is 11.8 Å². The Kier molecular flexibility index (Phi) is 5.09. The largest absolute Gasteiger partial charge is 0.368 e. The highest BCUT2D eigenvalue weighted by Gasteiger charge is 2.28. The van der Waals surface area contributed by atoms with Gasteiger partial charge >= 0.3 is 0 Å². The number of nitrogens with zero attached hydrogens (tertiary/aromatic N) is 1. The summed E-state index contributed by atoms with van der Waals surface area (Å²) < 4.78 is 0. The van der Waals surface area contributed by atoms with E-state index in [2.05, 4.69) is 63.0 Å². The molecule has 0 bridgehead atoms. The third-order valence-electron chi connectivity index (χ3n) is 4.82. The summed E-state index contributed by atoms with van der Waals surface area (Å²) in [5.74, 6) is 1.57.